The third-order valence-corrected chi connectivity index (χ3v) is 2.13. The lowest BCUT2D eigenvalue weighted by Gasteiger charge is -2.13. The van der Waals surface area contributed by atoms with Crippen molar-refractivity contribution >= 4 is 5.91 Å². The highest BCUT2D eigenvalue weighted by Crippen LogP contribution is 2.04. The first-order valence-corrected chi connectivity index (χ1v) is 4.95. The first kappa shape index (κ1) is 13.1. The zero-order valence-electron chi connectivity index (χ0n) is 8.88. The molecule has 0 aliphatic carbocycles. The van der Waals surface area contributed by atoms with Crippen LogP contribution in [0.15, 0.2) is 12.2 Å². The second kappa shape index (κ2) is 7.53. The molecule has 0 radical (unpaired) electrons. The summed E-state index contributed by atoms with van der Waals surface area (Å²) in [5.41, 5.74) is 11.5. The Morgan fingerprint density at radius 1 is 1.43 bits per heavy atom. The molecule has 4 nitrogen and oxygen atoms in total. The number of nitrogens with two attached hydrogens (primary N) is 2. The Morgan fingerprint density at radius 3 is 2.50 bits per heavy atom. The van der Waals surface area contributed by atoms with E-state index in [4.69, 9.17) is 11.5 Å². The fourth-order valence-corrected chi connectivity index (χ4v) is 1.16. The van der Waals surface area contributed by atoms with Crippen molar-refractivity contribution < 1.29 is 4.79 Å². The summed E-state index contributed by atoms with van der Waals surface area (Å²) in [7, 11) is 0. The third kappa shape index (κ3) is 5.72. The normalized spacial score (nSPS) is 12.2. The lowest BCUT2D eigenvalue weighted by molar-refractivity contribution is -0.117. The van der Waals surface area contributed by atoms with Crippen molar-refractivity contribution in [1.29, 1.82) is 0 Å². The first-order chi connectivity index (χ1) is 6.61. The van der Waals surface area contributed by atoms with E-state index in [0.717, 1.165) is 12.8 Å². The lowest BCUT2D eigenvalue weighted by atomic mass is 10.0. The largest absolute Gasteiger partial charge is 0.352 e. The predicted molar refractivity (Wildman–Crippen MR) is 58.7 cm³/mol. The Labute approximate surface area is 85.7 Å². The van der Waals surface area contributed by atoms with E-state index in [2.05, 4.69) is 11.9 Å². The molecule has 14 heavy (non-hydrogen) atoms. The molecular formula is C10H21N3O. The van der Waals surface area contributed by atoms with E-state index in [1.54, 1.807) is 6.92 Å². The van der Waals surface area contributed by atoms with Gasteiger partial charge in [0.15, 0.2) is 0 Å². The molecule has 0 saturated heterocycles. The number of hydrogen-bond acceptors (Lipinski definition) is 3. The van der Waals surface area contributed by atoms with Crippen molar-refractivity contribution in [3.8, 4) is 0 Å². The summed E-state index contributed by atoms with van der Waals surface area (Å²) in [5, 5.41) is 2.77. The molecule has 0 aliphatic rings. The van der Waals surface area contributed by atoms with Crippen molar-refractivity contribution in [1.82, 2.24) is 5.32 Å². The van der Waals surface area contributed by atoms with Gasteiger partial charge in [0.25, 0.3) is 0 Å². The Hall–Kier alpha value is -0.870. The number of rotatable bonds is 7. The molecule has 0 bridgehead atoms. The summed E-state index contributed by atoms with van der Waals surface area (Å²) < 4.78 is 0. The number of nitrogens with one attached hydrogen (secondary N) is 1. The van der Waals surface area contributed by atoms with Gasteiger partial charge < -0.3 is 16.8 Å². The molecule has 1 atom stereocenters. The van der Waals surface area contributed by atoms with E-state index in [9.17, 15) is 4.79 Å². The van der Waals surface area contributed by atoms with Gasteiger partial charge in [-0.1, -0.05) is 6.58 Å². The first-order valence-electron chi connectivity index (χ1n) is 4.95. The van der Waals surface area contributed by atoms with Gasteiger partial charge in [-0.25, -0.2) is 0 Å². The van der Waals surface area contributed by atoms with Gasteiger partial charge in [-0.3, -0.25) is 4.79 Å². The summed E-state index contributed by atoms with van der Waals surface area (Å²) >= 11 is 0. The fourth-order valence-electron chi connectivity index (χ4n) is 1.16. The average Bonchev–Trinajstić information content (AvgIpc) is 2.16. The molecule has 0 spiro atoms. The fraction of sp³-hybridized carbons (Fsp3) is 0.700. The second-order valence-electron chi connectivity index (χ2n) is 3.50. The maximum atomic E-state index is 11.1. The summed E-state index contributed by atoms with van der Waals surface area (Å²) in [6.07, 6.45) is 1.80. The molecule has 0 aliphatic heterocycles. The molecule has 0 rings (SSSR count). The Bertz CT molecular complexity index is 192. The molecule has 0 fully saturated rings. The van der Waals surface area contributed by atoms with E-state index >= 15 is 0 Å². The van der Waals surface area contributed by atoms with Crippen LogP contribution in [0.3, 0.4) is 0 Å². The van der Waals surface area contributed by atoms with Crippen LogP contribution in [0.1, 0.15) is 19.8 Å². The predicted octanol–water partition coefficient (Wildman–Crippen LogP) is -0.00750. The molecule has 1 amide bonds. The quantitative estimate of drug-likeness (QED) is 0.504. The van der Waals surface area contributed by atoms with E-state index < -0.39 is 0 Å². The Kier molecular flexibility index (Phi) is 7.06. The van der Waals surface area contributed by atoms with Gasteiger partial charge in [0.05, 0.1) is 0 Å². The SMILES string of the molecule is C=C(C)C(=O)NCCC(CN)CCN. The minimum Gasteiger partial charge on any atom is -0.352 e. The van der Waals surface area contributed by atoms with Gasteiger partial charge >= 0.3 is 0 Å². The maximum Gasteiger partial charge on any atom is 0.246 e. The van der Waals surface area contributed by atoms with Crippen molar-refractivity contribution in [2.75, 3.05) is 19.6 Å². The van der Waals surface area contributed by atoms with Crippen LogP contribution in [0.25, 0.3) is 0 Å². The van der Waals surface area contributed by atoms with Crippen LogP contribution in [-0.4, -0.2) is 25.5 Å². The van der Waals surface area contributed by atoms with Crippen LogP contribution in [0, 0.1) is 5.92 Å². The summed E-state index contributed by atoms with van der Waals surface area (Å²) in [5.74, 6) is 0.318. The van der Waals surface area contributed by atoms with Crippen LogP contribution >= 0.6 is 0 Å². The van der Waals surface area contributed by atoms with E-state index in [-0.39, 0.29) is 5.91 Å². The van der Waals surface area contributed by atoms with Crippen molar-refractivity contribution in [3.05, 3.63) is 12.2 Å². The van der Waals surface area contributed by atoms with Gasteiger partial charge in [0, 0.05) is 12.1 Å². The smallest absolute Gasteiger partial charge is 0.246 e. The number of hydrogen-bond donors (Lipinski definition) is 3. The minimum atomic E-state index is -0.0893. The standard InChI is InChI=1S/C10H21N3O/c1-8(2)10(14)13-6-4-9(7-12)3-5-11/h9H,1,3-7,11-12H2,2H3,(H,13,14). The summed E-state index contributed by atoms with van der Waals surface area (Å²) in [6, 6.07) is 0. The molecule has 0 heterocycles. The molecule has 0 aromatic rings. The van der Waals surface area contributed by atoms with Crippen molar-refractivity contribution in [3.63, 3.8) is 0 Å². The van der Waals surface area contributed by atoms with E-state index in [1.165, 1.54) is 0 Å². The van der Waals surface area contributed by atoms with Crippen molar-refractivity contribution in [2.24, 2.45) is 17.4 Å². The number of carbonyl (C=O) groups excluding carboxylic acids is 1. The molecule has 0 aromatic heterocycles. The van der Waals surface area contributed by atoms with E-state index in [0.29, 0.717) is 31.1 Å². The van der Waals surface area contributed by atoms with Crippen LogP contribution in [0.4, 0.5) is 0 Å². The van der Waals surface area contributed by atoms with Gasteiger partial charge in [0.1, 0.15) is 0 Å². The monoisotopic (exact) mass is 199 g/mol. The van der Waals surface area contributed by atoms with Gasteiger partial charge in [-0.05, 0) is 38.8 Å². The Balaban J connectivity index is 3.60. The molecule has 5 N–H and O–H groups in total. The molecular weight excluding hydrogens is 178 g/mol. The maximum absolute atomic E-state index is 11.1. The van der Waals surface area contributed by atoms with Crippen molar-refractivity contribution in [2.45, 2.75) is 19.8 Å². The summed E-state index contributed by atoms with van der Waals surface area (Å²) in [6.45, 7) is 7.16. The highest BCUT2D eigenvalue weighted by Gasteiger charge is 2.06. The molecule has 1 unspecified atom stereocenters. The number of amides is 1. The molecule has 82 valence electrons. The topological polar surface area (TPSA) is 81.1 Å². The molecule has 4 heteroatoms. The highest BCUT2D eigenvalue weighted by atomic mass is 16.1. The average molecular weight is 199 g/mol. The molecule has 0 aromatic carbocycles. The second-order valence-corrected chi connectivity index (χ2v) is 3.50. The van der Waals surface area contributed by atoms with Crippen LogP contribution < -0.4 is 16.8 Å². The van der Waals surface area contributed by atoms with E-state index in [1.807, 2.05) is 0 Å². The van der Waals surface area contributed by atoms with Gasteiger partial charge in [-0.2, -0.15) is 0 Å². The van der Waals surface area contributed by atoms with Gasteiger partial charge in [0.2, 0.25) is 5.91 Å². The third-order valence-electron chi connectivity index (χ3n) is 2.13. The highest BCUT2D eigenvalue weighted by molar-refractivity contribution is 5.91. The van der Waals surface area contributed by atoms with Crippen LogP contribution in [0.5, 0.6) is 0 Å². The number of carbonyl (C=O) groups is 1. The lowest BCUT2D eigenvalue weighted by Crippen LogP contribution is -2.28. The zero-order chi connectivity index (χ0) is 11.0. The zero-order valence-corrected chi connectivity index (χ0v) is 8.88. The van der Waals surface area contributed by atoms with Crippen LogP contribution in [-0.2, 0) is 4.79 Å². The van der Waals surface area contributed by atoms with Crippen LogP contribution in [0.2, 0.25) is 0 Å². The Morgan fingerprint density at radius 2 is 2.07 bits per heavy atom. The molecule has 0 saturated carbocycles. The minimum absolute atomic E-state index is 0.0893. The summed E-state index contributed by atoms with van der Waals surface area (Å²) in [4.78, 5) is 11.1. The van der Waals surface area contributed by atoms with Gasteiger partial charge in [-0.15, -0.1) is 0 Å².